The van der Waals surface area contributed by atoms with Crippen LogP contribution in [0.1, 0.15) is 15.9 Å². The topological polar surface area (TPSA) is 87.0 Å². The number of nitrogens with one attached hydrogen (secondary N) is 3. The summed E-state index contributed by atoms with van der Waals surface area (Å²) in [4.78, 5) is 28.5. The van der Waals surface area contributed by atoms with E-state index in [1.807, 2.05) is 24.3 Å². The molecule has 1 heterocycles. The first-order valence-electron chi connectivity index (χ1n) is 6.89. The average molecular weight is 376 g/mol. The molecule has 2 aromatic carbocycles. The Morgan fingerprint density at radius 2 is 1.96 bits per heavy atom. The van der Waals surface area contributed by atoms with E-state index in [0.29, 0.717) is 12.1 Å². The van der Waals surface area contributed by atoms with E-state index in [2.05, 4.69) is 31.2 Å². The molecule has 7 heteroatoms. The van der Waals surface area contributed by atoms with E-state index < -0.39 is 0 Å². The SMILES string of the molecule is COC(=O)c1ccc(Br)cc1CNc1ccc2[nH]c(=O)[nH]c2c1. The number of methoxy groups -OCH3 is 1. The number of anilines is 1. The molecule has 23 heavy (non-hydrogen) atoms. The number of rotatable bonds is 4. The van der Waals surface area contributed by atoms with Crippen LogP contribution in [0.3, 0.4) is 0 Å². The van der Waals surface area contributed by atoms with Crippen LogP contribution < -0.4 is 11.0 Å². The zero-order valence-corrected chi connectivity index (χ0v) is 13.9. The van der Waals surface area contributed by atoms with Gasteiger partial charge in [-0.2, -0.15) is 0 Å². The van der Waals surface area contributed by atoms with E-state index in [4.69, 9.17) is 4.74 Å². The van der Waals surface area contributed by atoms with Gasteiger partial charge in [-0.05, 0) is 42.0 Å². The second kappa shape index (κ2) is 6.29. The summed E-state index contributed by atoms with van der Waals surface area (Å²) in [7, 11) is 1.36. The van der Waals surface area contributed by atoms with E-state index in [0.717, 1.165) is 26.8 Å². The zero-order chi connectivity index (χ0) is 16.4. The number of aromatic amines is 2. The summed E-state index contributed by atoms with van der Waals surface area (Å²) in [6.45, 7) is 0.448. The van der Waals surface area contributed by atoms with E-state index >= 15 is 0 Å². The number of hydrogen-bond acceptors (Lipinski definition) is 4. The first-order valence-corrected chi connectivity index (χ1v) is 7.69. The molecule has 0 aliphatic rings. The third-order valence-corrected chi connectivity index (χ3v) is 3.96. The Kier molecular flexibility index (Phi) is 4.20. The van der Waals surface area contributed by atoms with Crippen LogP contribution in [0, 0.1) is 0 Å². The van der Waals surface area contributed by atoms with Crippen LogP contribution in [-0.4, -0.2) is 23.0 Å². The molecule has 0 radical (unpaired) electrons. The Bertz CT molecular complexity index is 930. The van der Waals surface area contributed by atoms with Crippen LogP contribution in [0.4, 0.5) is 5.69 Å². The Morgan fingerprint density at radius 3 is 2.74 bits per heavy atom. The third kappa shape index (κ3) is 3.29. The van der Waals surface area contributed by atoms with E-state index in [-0.39, 0.29) is 11.7 Å². The maximum absolute atomic E-state index is 11.8. The number of aromatic nitrogens is 2. The second-order valence-electron chi connectivity index (χ2n) is 4.99. The van der Waals surface area contributed by atoms with Gasteiger partial charge >= 0.3 is 11.7 Å². The van der Waals surface area contributed by atoms with Crippen molar-refractivity contribution < 1.29 is 9.53 Å². The second-order valence-corrected chi connectivity index (χ2v) is 5.90. The van der Waals surface area contributed by atoms with Gasteiger partial charge in [0.25, 0.3) is 0 Å². The molecule has 118 valence electrons. The van der Waals surface area contributed by atoms with Crippen LogP contribution >= 0.6 is 15.9 Å². The summed E-state index contributed by atoms with van der Waals surface area (Å²) in [5.41, 5.74) is 3.40. The zero-order valence-electron chi connectivity index (χ0n) is 12.3. The van der Waals surface area contributed by atoms with Gasteiger partial charge in [0.1, 0.15) is 0 Å². The summed E-state index contributed by atoms with van der Waals surface area (Å²) in [6.07, 6.45) is 0. The highest BCUT2D eigenvalue weighted by molar-refractivity contribution is 9.10. The van der Waals surface area contributed by atoms with Gasteiger partial charge < -0.3 is 20.0 Å². The van der Waals surface area contributed by atoms with Crippen molar-refractivity contribution in [2.75, 3.05) is 12.4 Å². The molecule has 3 aromatic rings. The number of halogens is 1. The molecule has 0 saturated heterocycles. The smallest absolute Gasteiger partial charge is 0.338 e. The van der Waals surface area contributed by atoms with Gasteiger partial charge in [-0.15, -0.1) is 0 Å². The van der Waals surface area contributed by atoms with Gasteiger partial charge in [0, 0.05) is 16.7 Å². The van der Waals surface area contributed by atoms with Crippen LogP contribution in [0.5, 0.6) is 0 Å². The maximum atomic E-state index is 11.8. The Morgan fingerprint density at radius 1 is 1.17 bits per heavy atom. The lowest BCUT2D eigenvalue weighted by atomic mass is 10.1. The number of hydrogen-bond donors (Lipinski definition) is 3. The van der Waals surface area contributed by atoms with E-state index in [1.165, 1.54) is 7.11 Å². The number of ether oxygens (including phenoxy) is 1. The van der Waals surface area contributed by atoms with E-state index in [1.54, 1.807) is 12.1 Å². The summed E-state index contributed by atoms with van der Waals surface area (Å²) in [6, 6.07) is 10.9. The molecule has 0 aliphatic heterocycles. The van der Waals surface area contributed by atoms with Crippen molar-refractivity contribution in [2.24, 2.45) is 0 Å². The number of imidazole rings is 1. The summed E-state index contributed by atoms with van der Waals surface area (Å²) < 4.78 is 5.69. The number of carbonyl (C=O) groups is 1. The maximum Gasteiger partial charge on any atom is 0.338 e. The van der Waals surface area contributed by atoms with Crippen molar-refractivity contribution in [3.63, 3.8) is 0 Å². The van der Waals surface area contributed by atoms with Crippen molar-refractivity contribution in [3.8, 4) is 0 Å². The van der Waals surface area contributed by atoms with Crippen LogP contribution in [0.2, 0.25) is 0 Å². The molecule has 1 aromatic heterocycles. The highest BCUT2D eigenvalue weighted by Gasteiger charge is 2.12. The highest BCUT2D eigenvalue weighted by Crippen LogP contribution is 2.20. The largest absolute Gasteiger partial charge is 0.465 e. The minimum atomic E-state index is -0.375. The number of H-pyrrole nitrogens is 2. The molecule has 0 unspecified atom stereocenters. The number of esters is 1. The Labute approximate surface area is 140 Å². The molecule has 0 atom stereocenters. The lowest BCUT2D eigenvalue weighted by Gasteiger charge is -2.11. The predicted octanol–water partition coefficient (Wildman–Crippen LogP) is 3.02. The summed E-state index contributed by atoms with van der Waals surface area (Å²) in [5, 5.41) is 3.24. The van der Waals surface area contributed by atoms with Gasteiger partial charge in [-0.3, -0.25) is 0 Å². The molecule has 3 N–H and O–H groups in total. The molecule has 3 rings (SSSR count). The van der Waals surface area contributed by atoms with Crippen molar-refractivity contribution in [1.29, 1.82) is 0 Å². The van der Waals surface area contributed by atoms with Gasteiger partial charge in [0.05, 0.1) is 23.7 Å². The first kappa shape index (κ1) is 15.4. The molecular weight excluding hydrogens is 362 g/mol. The fourth-order valence-corrected chi connectivity index (χ4v) is 2.77. The van der Waals surface area contributed by atoms with Crippen molar-refractivity contribution >= 4 is 38.6 Å². The molecule has 0 fully saturated rings. The molecule has 0 amide bonds. The molecule has 6 nitrogen and oxygen atoms in total. The third-order valence-electron chi connectivity index (χ3n) is 3.47. The quantitative estimate of drug-likeness (QED) is 0.611. The molecule has 0 saturated carbocycles. The lowest BCUT2D eigenvalue weighted by molar-refractivity contribution is 0.0599. The average Bonchev–Trinajstić information content (AvgIpc) is 2.91. The molecule has 0 aliphatic carbocycles. The molecular formula is C16H14BrN3O3. The summed E-state index contributed by atoms with van der Waals surface area (Å²) in [5.74, 6) is -0.375. The van der Waals surface area contributed by atoms with Gasteiger partial charge in [0.2, 0.25) is 0 Å². The Balaban J connectivity index is 1.85. The van der Waals surface area contributed by atoms with Crippen molar-refractivity contribution in [1.82, 2.24) is 9.97 Å². The van der Waals surface area contributed by atoms with E-state index in [9.17, 15) is 9.59 Å². The van der Waals surface area contributed by atoms with Crippen molar-refractivity contribution in [3.05, 3.63) is 62.5 Å². The first-order chi connectivity index (χ1) is 11.1. The fourth-order valence-electron chi connectivity index (χ4n) is 2.36. The standard InChI is InChI=1S/C16H14BrN3O3/c1-23-15(21)12-4-2-10(17)6-9(12)8-18-11-3-5-13-14(7-11)20-16(22)19-13/h2-7,18H,8H2,1H3,(H2,19,20,22). The minimum absolute atomic E-state index is 0.239. The number of fused-ring (bicyclic) bond motifs is 1. The number of carbonyl (C=O) groups excluding carboxylic acids is 1. The Hall–Kier alpha value is -2.54. The van der Waals surface area contributed by atoms with Crippen molar-refractivity contribution in [2.45, 2.75) is 6.54 Å². The van der Waals surface area contributed by atoms with Crippen LogP contribution in [-0.2, 0) is 11.3 Å². The normalized spacial score (nSPS) is 10.7. The molecule has 0 spiro atoms. The van der Waals surface area contributed by atoms with Crippen LogP contribution in [0.15, 0.2) is 45.7 Å². The van der Waals surface area contributed by atoms with Crippen LogP contribution in [0.25, 0.3) is 11.0 Å². The van der Waals surface area contributed by atoms with Gasteiger partial charge in [0.15, 0.2) is 0 Å². The monoisotopic (exact) mass is 375 g/mol. The van der Waals surface area contributed by atoms with Gasteiger partial charge in [-0.1, -0.05) is 15.9 Å². The predicted molar refractivity (Wildman–Crippen MR) is 91.7 cm³/mol. The number of benzene rings is 2. The molecule has 0 bridgehead atoms. The lowest BCUT2D eigenvalue weighted by Crippen LogP contribution is -2.09. The highest BCUT2D eigenvalue weighted by atomic mass is 79.9. The van der Waals surface area contributed by atoms with Gasteiger partial charge in [-0.25, -0.2) is 9.59 Å². The fraction of sp³-hybridized carbons (Fsp3) is 0.125. The summed E-state index contributed by atoms with van der Waals surface area (Å²) >= 11 is 3.41. The minimum Gasteiger partial charge on any atom is -0.465 e.